The Morgan fingerprint density at radius 1 is 1.33 bits per heavy atom. The van der Waals surface area contributed by atoms with Gasteiger partial charge >= 0.3 is 5.97 Å². The van der Waals surface area contributed by atoms with Gasteiger partial charge in [0.2, 0.25) is 0 Å². The van der Waals surface area contributed by atoms with E-state index in [0.29, 0.717) is 24.7 Å². The Bertz CT molecular complexity index is 996. The van der Waals surface area contributed by atoms with Crippen molar-refractivity contribution in [3.8, 4) is 5.69 Å². The predicted molar refractivity (Wildman–Crippen MR) is 94.4 cm³/mol. The van der Waals surface area contributed by atoms with Gasteiger partial charge in [-0.1, -0.05) is 18.0 Å². The number of halogens is 3. The van der Waals surface area contributed by atoms with Crippen LogP contribution in [0.3, 0.4) is 0 Å². The van der Waals surface area contributed by atoms with Crippen LogP contribution in [0, 0.1) is 23.0 Å². The molecule has 9 heteroatoms. The summed E-state index contributed by atoms with van der Waals surface area (Å²) in [4.78, 5) is 26.2. The van der Waals surface area contributed by atoms with Crippen molar-refractivity contribution >= 4 is 23.3 Å². The molecule has 2 fully saturated rings. The number of carboxylic acid groups (broad SMARTS) is 1. The molecule has 6 nitrogen and oxygen atoms in total. The smallest absolute Gasteiger partial charge is 0.311 e. The van der Waals surface area contributed by atoms with Crippen molar-refractivity contribution in [1.29, 1.82) is 0 Å². The van der Waals surface area contributed by atoms with Crippen molar-refractivity contribution < 1.29 is 18.7 Å². The zero-order valence-corrected chi connectivity index (χ0v) is 14.9. The average Bonchev–Trinajstić information content (AvgIpc) is 3.16. The Balaban J connectivity index is 1.72. The molecular weight excluding hydrogens is 380 g/mol. The van der Waals surface area contributed by atoms with Gasteiger partial charge in [0.15, 0.2) is 5.82 Å². The van der Waals surface area contributed by atoms with Gasteiger partial charge in [-0.15, -0.1) is 0 Å². The molecule has 27 heavy (non-hydrogen) atoms. The van der Waals surface area contributed by atoms with E-state index in [4.69, 9.17) is 11.6 Å². The Labute approximate surface area is 158 Å². The van der Waals surface area contributed by atoms with Crippen LogP contribution < -0.4 is 10.5 Å². The molecule has 0 amide bonds. The molecule has 1 N–H and O–H groups in total. The fourth-order valence-electron chi connectivity index (χ4n) is 4.29. The molecule has 0 spiro atoms. The van der Waals surface area contributed by atoms with Crippen LogP contribution in [0.25, 0.3) is 5.69 Å². The largest absolute Gasteiger partial charge is 0.481 e. The Morgan fingerprint density at radius 3 is 2.78 bits per heavy atom. The van der Waals surface area contributed by atoms with E-state index < -0.39 is 28.6 Å². The maximum atomic E-state index is 14.0. The summed E-state index contributed by atoms with van der Waals surface area (Å²) >= 11 is 6.23. The van der Waals surface area contributed by atoms with E-state index in [2.05, 4.69) is 5.10 Å². The monoisotopic (exact) mass is 395 g/mol. The van der Waals surface area contributed by atoms with E-state index in [1.165, 1.54) is 6.20 Å². The molecule has 0 radical (unpaired) electrons. The zero-order valence-electron chi connectivity index (χ0n) is 14.2. The molecule has 2 atom stereocenters. The first-order valence-electron chi connectivity index (χ1n) is 8.55. The van der Waals surface area contributed by atoms with Crippen LogP contribution >= 0.6 is 11.6 Å². The minimum absolute atomic E-state index is 0.0111. The lowest BCUT2D eigenvalue weighted by Gasteiger charge is -2.24. The van der Waals surface area contributed by atoms with Crippen molar-refractivity contribution in [1.82, 2.24) is 9.78 Å². The summed E-state index contributed by atoms with van der Waals surface area (Å²) in [6.45, 7) is 0.727. The number of aromatic nitrogens is 2. The molecule has 142 valence electrons. The highest BCUT2D eigenvalue weighted by Gasteiger charge is 2.55. The van der Waals surface area contributed by atoms with Crippen molar-refractivity contribution in [3.63, 3.8) is 0 Å². The minimum Gasteiger partial charge on any atom is -0.481 e. The summed E-state index contributed by atoms with van der Waals surface area (Å²) in [5.74, 6) is -2.55. The molecule has 1 aliphatic carbocycles. The van der Waals surface area contributed by atoms with Gasteiger partial charge in [-0.3, -0.25) is 9.59 Å². The van der Waals surface area contributed by atoms with Crippen molar-refractivity contribution in [3.05, 3.63) is 51.4 Å². The van der Waals surface area contributed by atoms with E-state index in [-0.39, 0.29) is 23.2 Å². The fourth-order valence-corrected chi connectivity index (χ4v) is 4.54. The Kier molecular flexibility index (Phi) is 4.18. The summed E-state index contributed by atoms with van der Waals surface area (Å²) < 4.78 is 27.9. The van der Waals surface area contributed by atoms with Crippen LogP contribution in [-0.2, 0) is 4.79 Å². The number of anilines is 1. The first kappa shape index (κ1) is 17.9. The summed E-state index contributed by atoms with van der Waals surface area (Å²) in [7, 11) is 0. The van der Waals surface area contributed by atoms with Gasteiger partial charge in [0.05, 0.1) is 17.3 Å². The van der Waals surface area contributed by atoms with Gasteiger partial charge in [-0.25, -0.2) is 8.78 Å². The summed E-state index contributed by atoms with van der Waals surface area (Å²) in [5, 5.41) is 13.5. The molecule has 2 aromatic rings. The highest BCUT2D eigenvalue weighted by atomic mass is 35.5. The third-order valence-electron chi connectivity index (χ3n) is 5.68. The first-order valence-corrected chi connectivity index (χ1v) is 8.93. The number of carbonyl (C=O) groups is 1. The van der Waals surface area contributed by atoms with Gasteiger partial charge < -0.3 is 10.0 Å². The third kappa shape index (κ3) is 2.70. The van der Waals surface area contributed by atoms with Gasteiger partial charge in [-0.05, 0) is 30.9 Å². The number of rotatable bonds is 3. The standard InChI is InChI=1S/C18H16ClF2N3O3/c19-15-14(23-8-10-2-1-5-18(10,9-23)17(26)27)7-22-24(16(15)25)13-4-3-11(20)6-12(13)21/h3-4,6-7,10H,1-2,5,8-9H2,(H,26,27)/t10-,18+/m0/s1. The number of hydrogen-bond acceptors (Lipinski definition) is 4. The molecule has 1 aliphatic heterocycles. The fraction of sp³-hybridized carbons (Fsp3) is 0.389. The van der Waals surface area contributed by atoms with E-state index in [1.807, 2.05) is 0 Å². The minimum atomic E-state index is -0.936. The summed E-state index contributed by atoms with van der Waals surface area (Å²) in [6.07, 6.45) is 3.59. The second-order valence-electron chi connectivity index (χ2n) is 7.09. The number of carboxylic acids is 1. The number of benzene rings is 1. The lowest BCUT2D eigenvalue weighted by atomic mass is 9.81. The topological polar surface area (TPSA) is 75.4 Å². The Morgan fingerprint density at radius 2 is 2.11 bits per heavy atom. The lowest BCUT2D eigenvalue weighted by molar-refractivity contribution is -0.149. The van der Waals surface area contributed by atoms with Crippen molar-refractivity contribution in [2.75, 3.05) is 18.0 Å². The molecule has 1 saturated heterocycles. The lowest BCUT2D eigenvalue weighted by Crippen LogP contribution is -2.36. The van der Waals surface area contributed by atoms with Crippen LogP contribution in [0.15, 0.2) is 29.2 Å². The normalized spacial score (nSPS) is 24.3. The molecule has 4 rings (SSSR count). The molecule has 0 unspecified atom stereocenters. The van der Waals surface area contributed by atoms with Crippen LogP contribution in [0.2, 0.25) is 5.02 Å². The van der Waals surface area contributed by atoms with E-state index in [9.17, 15) is 23.5 Å². The van der Waals surface area contributed by atoms with Crippen LogP contribution in [0.1, 0.15) is 19.3 Å². The van der Waals surface area contributed by atoms with Gasteiger partial charge in [0.25, 0.3) is 5.56 Å². The summed E-state index contributed by atoms with van der Waals surface area (Å²) in [6, 6.07) is 2.78. The van der Waals surface area contributed by atoms with Crippen LogP contribution in [-0.4, -0.2) is 33.9 Å². The van der Waals surface area contributed by atoms with Crippen molar-refractivity contribution in [2.45, 2.75) is 19.3 Å². The molecular formula is C18H16ClF2N3O3. The second-order valence-corrected chi connectivity index (χ2v) is 7.47. The highest BCUT2D eigenvalue weighted by Crippen LogP contribution is 2.50. The first-order chi connectivity index (χ1) is 12.8. The number of nitrogens with zero attached hydrogens (tertiary/aromatic N) is 3. The van der Waals surface area contributed by atoms with E-state index >= 15 is 0 Å². The zero-order chi connectivity index (χ0) is 19.3. The molecule has 2 aliphatic rings. The number of hydrogen-bond donors (Lipinski definition) is 1. The van der Waals surface area contributed by atoms with E-state index in [0.717, 1.165) is 29.7 Å². The molecule has 0 bridgehead atoms. The van der Waals surface area contributed by atoms with Gasteiger partial charge in [-0.2, -0.15) is 9.78 Å². The van der Waals surface area contributed by atoms with Crippen LogP contribution in [0.4, 0.5) is 14.5 Å². The van der Waals surface area contributed by atoms with Gasteiger partial charge in [0, 0.05) is 19.2 Å². The molecule has 1 saturated carbocycles. The molecule has 2 heterocycles. The maximum Gasteiger partial charge on any atom is 0.311 e. The molecule has 1 aromatic heterocycles. The second kappa shape index (κ2) is 6.30. The Hall–Kier alpha value is -2.48. The third-order valence-corrected chi connectivity index (χ3v) is 6.03. The summed E-state index contributed by atoms with van der Waals surface area (Å²) in [5.41, 5.74) is -1.46. The highest BCUT2D eigenvalue weighted by molar-refractivity contribution is 6.33. The predicted octanol–water partition coefficient (Wildman–Crippen LogP) is 2.86. The molecule has 1 aromatic carbocycles. The van der Waals surface area contributed by atoms with Crippen molar-refractivity contribution in [2.24, 2.45) is 11.3 Å². The average molecular weight is 396 g/mol. The quantitative estimate of drug-likeness (QED) is 0.865. The van der Waals surface area contributed by atoms with Gasteiger partial charge in [0.1, 0.15) is 16.5 Å². The number of fused-ring (bicyclic) bond motifs is 1. The van der Waals surface area contributed by atoms with Crippen LogP contribution in [0.5, 0.6) is 0 Å². The SMILES string of the molecule is O=C(O)[C@@]12CCC[C@H]1CN(c1cnn(-c3ccc(F)cc3F)c(=O)c1Cl)C2. The van der Waals surface area contributed by atoms with E-state index in [1.54, 1.807) is 4.90 Å². The number of aliphatic carboxylic acids is 1. The maximum absolute atomic E-state index is 14.0.